The van der Waals surface area contributed by atoms with E-state index in [0.29, 0.717) is 22.7 Å². The van der Waals surface area contributed by atoms with Crippen molar-refractivity contribution in [1.82, 2.24) is 5.32 Å². The summed E-state index contributed by atoms with van der Waals surface area (Å²) >= 11 is 0. The first kappa shape index (κ1) is 15.0. The van der Waals surface area contributed by atoms with Crippen LogP contribution in [0.1, 0.15) is 31.7 Å². The van der Waals surface area contributed by atoms with Gasteiger partial charge in [-0.25, -0.2) is 0 Å². The van der Waals surface area contributed by atoms with E-state index >= 15 is 0 Å². The topological polar surface area (TPSA) is 39.7 Å². The molecule has 0 aromatic heterocycles. The zero-order valence-electron chi connectivity index (χ0n) is 12.9. The van der Waals surface area contributed by atoms with E-state index < -0.39 is 0 Å². The number of hydrogen-bond acceptors (Lipinski definition) is 4. The molecular formula is C16H25NO3. The van der Waals surface area contributed by atoms with Gasteiger partial charge in [0, 0.05) is 13.1 Å². The second-order valence-electron chi connectivity index (χ2n) is 5.49. The van der Waals surface area contributed by atoms with Gasteiger partial charge < -0.3 is 19.5 Å². The van der Waals surface area contributed by atoms with Gasteiger partial charge in [-0.15, -0.1) is 0 Å². The third-order valence-corrected chi connectivity index (χ3v) is 4.26. The van der Waals surface area contributed by atoms with Gasteiger partial charge in [0.15, 0.2) is 11.5 Å². The second-order valence-corrected chi connectivity index (χ2v) is 5.49. The molecule has 4 heteroatoms. The summed E-state index contributed by atoms with van der Waals surface area (Å²) in [6.45, 7) is 4.17. The van der Waals surface area contributed by atoms with Gasteiger partial charge in [-0.2, -0.15) is 0 Å². The molecule has 112 valence electrons. The number of methoxy groups -OCH3 is 3. The van der Waals surface area contributed by atoms with Crippen LogP contribution in [-0.4, -0.2) is 27.9 Å². The summed E-state index contributed by atoms with van der Waals surface area (Å²) in [7, 11) is 4.91. The molecule has 0 aliphatic heterocycles. The van der Waals surface area contributed by atoms with Crippen molar-refractivity contribution in [2.75, 3.05) is 27.9 Å². The molecule has 20 heavy (non-hydrogen) atoms. The molecule has 0 radical (unpaired) electrons. The molecule has 0 atom stereocenters. The van der Waals surface area contributed by atoms with Gasteiger partial charge in [0.05, 0.1) is 21.3 Å². The smallest absolute Gasteiger partial charge is 0.203 e. The van der Waals surface area contributed by atoms with E-state index in [2.05, 4.69) is 12.2 Å². The van der Waals surface area contributed by atoms with Crippen molar-refractivity contribution in [2.45, 2.75) is 32.7 Å². The Labute approximate surface area is 121 Å². The molecule has 1 saturated carbocycles. The maximum atomic E-state index is 5.37. The third-order valence-electron chi connectivity index (χ3n) is 4.26. The van der Waals surface area contributed by atoms with Crippen LogP contribution in [0.5, 0.6) is 17.2 Å². The average molecular weight is 279 g/mol. The van der Waals surface area contributed by atoms with E-state index in [1.54, 1.807) is 21.3 Å². The lowest BCUT2D eigenvalue weighted by molar-refractivity contribution is 0.323. The fraction of sp³-hybridized carbons (Fsp3) is 0.625. The number of rotatable bonds is 8. The summed E-state index contributed by atoms with van der Waals surface area (Å²) in [6.07, 6.45) is 3.97. The molecule has 1 fully saturated rings. The number of benzene rings is 1. The summed E-state index contributed by atoms with van der Waals surface area (Å²) in [4.78, 5) is 0. The van der Waals surface area contributed by atoms with Crippen molar-refractivity contribution in [3.05, 3.63) is 17.7 Å². The van der Waals surface area contributed by atoms with Crippen molar-refractivity contribution in [3.8, 4) is 17.2 Å². The lowest BCUT2D eigenvalue weighted by Crippen LogP contribution is -2.23. The number of ether oxygens (including phenoxy) is 3. The standard InChI is InChI=1S/C16H25NO3/c1-5-16(6-7-16)11-17-10-12-8-13(18-2)15(20-4)14(9-12)19-3/h8-9,17H,5-7,10-11H2,1-4H3. The Morgan fingerprint density at radius 1 is 1.05 bits per heavy atom. The highest BCUT2D eigenvalue weighted by Crippen LogP contribution is 2.48. The first-order valence-electron chi connectivity index (χ1n) is 7.17. The van der Waals surface area contributed by atoms with Crippen LogP contribution in [-0.2, 0) is 6.54 Å². The molecule has 0 amide bonds. The summed E-state index contributed by atoms with van der Waals surface area (Å²) in [5.41, 5.74) is 1.70. The summed E-state index contributed by atoms with van der Waals surface area (Å²) in [5, 5.41) is 3.54. The lowest BCUT2D eigenvalue weighted by Gasteiger charge is -2.16. The van der Waals surface area contributed by atoms with E-state index in [9.17, 15) is 0 Å². The van der Waals surface area contributed by atoms with Crippen LogP contribution < -0.4 is 19.5 Å². The van der Waals surface area contributed by atoms with Crippen molar-refractivity contribution < 1.29 is 14.2 Å². The fourth-order valence-corrected chi connectivity index (χ4v) is 2.54. The molecule has 0 spiro atoms. The molecular weight excluding hydrogens is 254 g/mol. The molecule has 0 bridgehead atoms. The van der Waals surface area contributed by atoms with Crippen LogP contribution in [0.25, 0.3) is 0 Å². The Kier molecular flexibility index (Phi) is 4.76. The highest BCUT2D eigenvalue weighted by atomic mass is 16.5. The van der Waals surface area contributed by atoms with Gasteiger partial charge >= 0.3 is 0 Å². The Morgan fingerprint density at radius 3 is 2.05 bits per heavy atom. The van der Waals surface area contributed by atoms with E-state index in [0.717, 1.165) is 18.7 Å². The van der Waals surface area contributed by atoms with E-state index in [1.807, 2.05) is 12.1 Å². The molecule has 0 saturated heterocycles. The number of hydrogen-bond donors (Lipinski definition) is 1. The third kappa shape index (κ3) is 3.18. The lowest BCUT2D eigenvalue weighted by atomic mass is 10.0. The normalized spacial score (nSPS) is 15.8. The molecule has 2 rings (SSSR count). The van der Waals surface area contributed by atoms with Crippen molar-refractivity contribution in [2.24, 2.45) is 5.41 Å². The van der Waals surface area contributed by atoms with Gasteiger partial charge in [0.2, 0.25) is 5.75 Å². The van der Waals surface area contributed by atoms with E-state index in [4.69, 9.17) is 14.2 Å². The molecule has 4 nitrogen and oxygen atoms in total. The van der Waals surface area contributed by atoms with Crippen LogP contribution in [0.3, 0.4) is 0 Å². The Morgan fingerprint density at radius 2 is 1.65 bits per heavy atom. The molecule has 1 aliphatic rings. The predicted octanol–water partition coefficient (Wildman–Crippen LogP) is 2.99. The minimum Gasteiger partial charge on any atom is -0.493 e. The van der Waals surface area contributed by atoms with Crippen LogP contribution >= 0.6 is 0 Å². The monoisotopic (exact) mass is 279 g/mol. The highest BCUT2D eigenvalue weighted by Gasteiger charge is 2.39. The molecule has 1 aromatic carbocycles. The molecule has 1 aromatic rings. The largest absolute Gasteiger partial charge is 0.493 e. The van der Waals surface area contributed by atoms with Crippen molar-refractivity contribution >= 4 is 0 Å². The average Bonchev–Trinajstić information content (AvgIpc) is 3.26. The zero-order chi connectivity index (χ0) is 14.6. The highest BCUT2D eigenvalue weighted by molar-refractivity contribution is 5.53. The molecule has 1 N–H and O–H groups in total. The first-order valence-corrected chi connectivity index (χ1v) is 7.17. The Hall–Kier alpha value is -1.42. The predicted molar refractivity (Wildman–Crippen MR) is 79.8 cm³/mol. The van der Waals surface area contributed by atoms with Crippen LogP contribution in [0.15, 0.2) is 12.1 Å². The van der Waals surface area contributed by atoms with Gasteiger partial charge in [-0.3, -0.25) is 0 Å². The first-order chi connectivity index (χ1) is 9.68. The van der Waals surface area contributed by atoms with Crippen molar-refractivity contribution in [3.63, 3.8) is 0 Å². The van der Waals surface area contributed by atoms with Crippen LogP contribution in [0.4, 0.5) is 0 Å². The van der Waals surface area contributed by atoms with E-state index in [-0.39, 0.29) is 0 Å². The van der Waals surface area contributed by atoms with Gasteiger partial charge in [0.1, 0.15) is 0 Å². The fourth-order valence-electron chi connectivity index (χ4n) is 2.54. The van der Waals surface area contributed by atoms with E-state index in [1.165, 1.54) is 19.3 Å². The summed E-state index contributed by atoms with van der Waals surface area (Å²) < 4.78 is 16.1. The van der Waals surface area contributed by atoms with Gasteiger partial charge in [-0.1, -0.05) is 6.92 Å². The molecule has 0 unspecified atom stereocenters. The molecule has 0 heterocycles. The SMILES string of the molecule is CCC1(CNCc2cc(OC)c(OC)c(OC)c2)CC1. The quantitative estimate of drug-likeness (QED) is 0.794. The zero-order valence-corrected chi connectivity index (χ0v) is 12.9. The number of nitrogens with one attached hydrogen (secondary N) is 1. The van der Waals surface area contributed by atoms with Crippen LogP contribution in [0, 0.1) is 5.41 Å². The Bertz CT molecular complexity index is 430. The second kappa shape index (κ2) is 6.35. The summed E-state index contributed by atoms with van der Waals surface area (Å²) in [6, 6.07) is 4.00. The van der Waals surface area contributed by atoms with Crippen molar-refractivity contribution in [1.29, 1.82) is 0 Å². The minimum absolute atomic E-state index is 0.556. The van der Waals surface area contributed by atoms with Gasteiger partial charge in [0.25, 0.3) is 0 Å². The maximum Gasteiger partial charge on any atom is 0.203 e. The van der Waals surface area contributed by atoms with Gasteiger partial charge in [-0.05, 0) is 42.4 Å². The summed E-state index contributed by atoms with van der Waals surface area (Å²) in [5.74, 6) is 2.06. The maximum absolute atomic E-state index is 5.37. The van der Waals surface area contributed by atoms with Crippen LogP contribution in [0.2, 0.25) is 0 Å². The Balaban J connectivity index is 2.04. The molecule has 1 aliphatic carbocycles. The minimum atomic E-state index is 0.556.